The van der Waals surface area contributed by atoms with Crippen molar-refractivity contribution in [2.75, 3.05) is 25.0 Å². The SMILES string of the molecule is CCN1CCC[C@@H](Nc2nnc(-c3ccc(OC(F)F)cc3OC(F)F)c3cccn23)C1. The maximum atomic E-state index is 13.0. The average molecular weight is 453 g/mol. The van der Waals surface area contributed by atoms with Gasteiger partial charge in [0.05, 0.1) is 5.52 Å². The van der Waals surface area contributed by atoms with Crippen molar-refractivity contribution in [3.05, 3.63) is 36.5 Å². The van der Waals surface area contributed by atoms with Crippen LogP contribution in [0.3, 0.4) is 0 Å². The topological polar surface area (TPSA) is 63.9 Å². The third kappa shape index (κ3) is 4.87. The van der Waals surface area contributed by atoms with E-state index in [0.29, 0.717) is 11.5 Å². The fraction of sp³-hybridized carbons (Fsp3) is 0.429. The number of alkyl halides is 4. The second-order valence-corrected chi connectivity index (χ2v) is 7.43. The average Bonchev–Trinajstić information content (AvgIpc) is 3.24. The first kappa shape index (κ1) is 22.1. The molecule has 1 aliphatic heterocycles. The minimum absolute atomic E-state index is 0.185. The minimum atomic E-state index is -3.15. The van der Waals surface area contributed by atoms with Crippen molar-refractivity contribution in [1.82, 2.24) is 19.5 Å². The normalized spacial score (nSPS) is 17.3. The van der Waals surface area contributed by atoms with Gasteiger partial charge in [-0.2, -0.15) is 17.6 Å². The molecule has 1 atom stereocenters. The highest BCUT2D eigenvalue weighted by Crippen LogP contribution is 2.36. The van der Waals surface area contributed by atoms with Gasteiger partial charge in [-0.1, -0.05) is 6.92 Å². The van der Waals surface area contributed by atoms with E-state index < -0.39 is 13.2 Å². The van der Waals surface area contributed by atoms with Gasteiger partial charge in [-0.25, -0.2) is 0 Å². The Labute approximate surface area is 181 Å². The summed E-state index contributed by atoms with van der Waals surface area (Å²) >= 11 is 0. The predicted octanol–water partition coefficient (Wildman–Crippen LogP) is 4.50. The maximum Gasteiger partial charge on any atom is 0.387 e. The van der Waals surface area contributed by atoms with E-state index in [-0.39, 0.29) is 28.8 Å². The largest absolute Gasteiger partial charge is 0.435 e. The fourth-order valence-electron chi connectivity index (χ4n) is 3.96. The number of likely N-dealkylation sites (N-methyl/N-ethyl adjacent to an activating group) is 1. The van der Waals surface area contributed by atoms with Gasteiger partial charge in [-0.15, -0.1) is 10.2 Å². The van der Waals surface area contributed by atoms with E-state index in [0.717, 1.165) is 38.5 Å². The van der Waals surface area contributed by atoms with Gasteiger partial charge < -0.3 is 19.7 Å². The number of halogens is 4. The van der Waals surface area contributed by atoms with Gasteiger partial charge in [0.25, 0.3) is 0 Å². The number of ether oxygens (including phenoxy) is 2. The maximum absolute atomic E-state index is 13.0. The van der Waals surface area contributed by atoms with Crippen molar-refractivity contribution in [3.63, 3.8) is 0 Å². The molecule has 0 amide bonds. The van der Waals surface area contributed by atoms with Crippen LogP contribution in [0.5, 0.6) is 11.5 Å². The lowest BCUT2D eigenvalue weighted by Gasteiger charge is -2.32. The molecule has 4 rings (SSSR count). The Kier molecular flexibility index (Phi) is 6.63. The molecule has 11 heteroatoms. The highest BCUT2D eigenvalue weighted by atomic mass is 19.3. The Hall–Kier alpha value is -3.08. The summed E-state index contributed by atoms with van der Waals surface area (Å²) in [5.41, 5.74) is 1.07. The first-order chi connectivity index (χ1) is 15.4. The summed E-state index contributed by atoms with van der Waals surface area (Å²) in [5, 5.41) is 12.0. The van der Waals surface area contributed by atoms with Crippen LogP contribution >= 0.6 is 0 Å². The standard InChI is InChI=1S/C21H23F4N5O2/c1-2-29-9-3-5-13(12-29)26-21-28-27-18(16-6-4-10-30(16)21)15-8-7-14(31-19(22)23)11-17(15)32-20(24)25/h4,6-8,10-11,13,19-20H,2-3,5,9,12H2,1H3,(H,26,28)/t13-/m1/s1. The molecule has 3 aromatic rings. The Morgan fingerprint density at radius 3 is 2.69 bits per heavy atom. The molecule has 1 aliphatic rings. The zero-order chi connectivity index (χ0) is 22.7. The van der Waals surface area contributed by atoms with Gasteiger partial charge in [0.15, 0.2) is 0 Å². The van der Waals surface area contributed by atoms with E-state index in [9.17, 15) is 17.6 Å². The van der Waals surface area contributed by atoms with E-state index in [2.05, 4.69) is 36.8 Å². The van der Waals surface area contributed by atoms with Crippen molar-refractivity contribution in [2.24, 2.45) is 0 Å². The van der Waals surface area contributed by atoms with Crippen molar-refractivity contribution >= 4 is 11.5 Å². The molecule has 1 saturated heterocycles. The molecule has 0 aliphatic carbocycles. The summed E-state index contributed by atoms with van der Waals surface area (Å²) in [6.07, 6.45) is 3.87. The molecule has 1 fully saturated rings. The second-order valence-electron chi connectivity index (χ2n) is 7.43. The Morgan fingerprint density at radius 1 is 1.12 bits per heavy atom. The first-order valence-corrected chi connectivity index (χ1v) is 10.3. The fourth-order valence-corrected chi connectivity index (χ4v) is 3.96. The molecule has 0 spiro atoms. The van der Waals surface area contributed by atoms with E-state index >= 15 is 0 Å². The quantitative estimate of drug-likeness (QED) is 0.507. The van der Waals surface area contributed by atoms with Crippen LogP contribution in [-0.4, -0.2) is 58.4 Å². The first-order valence-electron chi connectivity index (χ1n) is 10.3. The van der Waals surface area contributed by atoms with Crippen molar-refractivity contribution in [3.8, 4) is 22.8 Å². The van der Waals surface area contributed by atoms with Gasteiger partial charge in [-0.05, 0) is 50.2 Å². The zero-order valence-corrected chi connectivity index (χ0v) is 17.3. The van der Waals surface area contributed by atoms with Crippen LogP contribution in [0.25, 0.3) is 16.8 Å². The molecule has 0 unspecified atom stereocenters. The molecule has 7 nitrogen and oxygen atoms in total. The monoisotopic (exact) mass is 453 g/mol. The summed E-state index contributed by atoms with van der Waals surface area (Å²) in [6.45, 7) is -1.19. The lowest BCUT2D eigenvalue weighted by molar-refractivity contribution is -0.0540. The van der Waals surface area contributed by atoms with Crippen molar-refractivity contribution in [1.29, 1.82) is 0 Å². The van der Waals surface area contributed by atoms with Crippen LogP contribution in [-0.2, 0) is 0 Å². The van der Waals surface area contributed by atoms with Crippen molar-refractivity contribution in [2.45, 2.75) is 39.0 Å². The number of hydrogen-bond donors (Lipinski definition) is 1. The lowest BCUT2D eigenvalue weighted by atomic mass is 10.1. The number of fused-ring (bicyclic) bond motifs is 1. The number of hydrogen-bond acceptors (Lipinski definition) is 6. The third-order valence-electron chi connectivity index (χ3n) is 5.40. The van der Waals surface area contributed by atoms with E-state index in [4.69, 9.17) is 0 Å². The highest BCUT2D eigenvalue weighted by Gasteiger charge is 2.22. The Balaban J connectivity index is 1.68. The van der Waals surface area contributed by atoms with Gasteiger partial charge in [0, 0.05) is 30.4 Å². The second kappa shape index (κ2) is 9.60. The number of anilines is 1. The molecular formula is C21H23F4N5O2. The molecule has 1 N–H and O–H groups in total. The smallest absolute Gasteiger partial charge is 0.387 e. The highest BCUT2D eigenvalue weighted by molar-refractivity contribution is 5.81. The summed E-state index contributed by atoms with van der Waals surface area (Å²) in [7, 11) is 0. The predicted molar refractivity (Wildman–Crippen MR) is 110 cm³/mol. The van der Waals surface area contributed by atoms with Crippen LogP contribution in [0.2, 0.25) is 0 Å². The van der Waals surface area contributed by atoms with Crippen LogP contribution in [0.15, 0.2) is 36.5 Å². The summed E-state index contributed by atoms with van der Waals surface area (Å²) in [4.78, 5) is 2.35. The van der Waals surface area contributed by atoms with E-state index in [1.807, 2.05) is 0 Å². The molecule has 32 heavy (non-hydrogen) atoms. The molecule has 0 radical (unpaired) electrons. The minimum Gasteiger partial charge on any atom is -0.435 e. The molecule has 2 aromatic heterocycles. The summed E-state index contributed by atoms with van der Waals surface area (Å²) in [5.74, 6) is -0.0948. The Bertz CT molecular complexity index is 1060. The number of piperidine rings is 1. The number of likely N-dealkylation sites (tertiary alicyclic amines) is 1. The van der Waals surface area contributed by atoms with Crippen LogP contribution < -0.4 is 14.8 Å². The summed E-state index contributed by atoms with van der Waals surface area (Å²) in [6, 6.07) is 7.34. The lowest BCUT2D eigenvalue weighted by Crippen LogP contribution is -2.42. The third-order valence-corrected chi connectivity index (χ3v) is 5.40. The van der Waals surface area contributed by atoms with Crippen molar-refractivity contribution < 1.29 is 27.0 Å². The molecule has 0 bridgehead atoms. The van der Waals surface area contributed by atoms with E-state index in [1.54, 1.807) is 22.7 Å². The summed E-state index contributed by atoms with van der Waals surface area (Å²) < 4.78 is 61.7. The van der Waals surface area contributed by atoms with E-state index in [1.165, 1.54) is 12.1 Å². The van der Waals surface area contributed by atoms with Crippen LogP contribution in [0.1, 0.15) is 19.8 Å². The molecule has 1 aromatic carbocycles. The zero-order valence-electron chi connectivity index (χ0n) is 17.3. The molecule has 0 saturated carbocycles. The van der Waals surface area contributed by atoms with Crippen LogP contribution in [0, 0.1) is 0 Å². The number of benzene rings is 1. The van der Waals surface area contributed by atoms with Crippen LogP contribution in [0.4, 0.5) is 23.5 Å². The number of aromatic nitrogens is 3. The molecular weight excluding hydrogens is 430 g/mol. The molecule has 3 heterocycles. The Morgan fingerprint density at radius 2 is 1.94 bits per heavy atom. The molecule has 172 valence electrons. The van der Waals surface area contributed by atoms with Gasteiger partial charge in [0.2, 0.25) is 5.95 Å². The number of nitrogens with one attached hydrogen (secondary N) is 1. The van der Waals surface area contributed by atoms with Gasteiger partial charge in [0.1, 0.15) is 17.2 Å². The van der Waals surface area contributed by atoms with Gasteiger partial charge in [-0.3, -0.25) is 4.40 Å². The number of rotatable bonds is 8. The number of nitrogens with zero attached hydrogens (tertiary/aromatic N) is 4. The van der Waals surface area contributed by atoms with Gasteiger partial charge >= 0.3 is 13.2 Å².